The van der Waals surface area contributed by atoms with Gasteiger partial charge in [0.1, 0.15) is 16.8 Å². The summed E-state index contributed by atoms with van der Waals surface area (Å²) in [5.41, 5.74) is 1.46. The highest BCUT2D eigenvalue weighted by molar-refractivity contribution is 7.11. The number of hydrogen-bond donors (Lipinski definition) is 0. The number of nitrogens with zero attached hydrogens (tertiary/aromatic N) is 1. The molecule has 0 amide bonds. The Kier molecular flexibility index (Phi) is 4.10. The van der Waals surface area contributed by atoms with E-state index in [4.69, 9.17) is 4.74 Å². The number of hydrogen-bond acceptors (Lipinski definition) is 4. The fourth-order valence-corrected chi connectivity index (χ4v) is 4.14. The molecule has 1 aromatic heterocycles. The molecule has 0 N–H and O–H groups in total. The molecule has 24 heavy (non-hydrogen) atoms. The molecular weight excluding hydrogens is 325 g/mol. The van der Waals surface area contributed by atoms with Crippen molar-refractivity contribution >= 4 is 23.4 Å². The normalized spacial score (nSPS) is 24.4. The van der Waals surface area contributed by atoms with Gasteiger partial charge in [-0.25, -0.2) is 9.18 Å². The molecule has 3 nitrogen and oxygen atoms in total. The molecule has 0 saturated carbocycles. The highest BCUT2D eigenvalue weighted by Gasteiger charge is 2.40. The fourth-order valence-electron chi connectivity index (χ4n) is 3.53. The third-order valence-electron chi connectivity index (χ3n) is 4.79. The minimum Gasteiger partial charge on any atom is -0.451 e. The van der Waals surface area contributed by atoms with Crippen LogP contribution in [0.2, 0.25) is 0 Å². The van der Waals surface area contributed by atoms with Gasteiger partial charge < -0.3 is 9.64 Å². The summed E-state index contributed by atoms with van der Waals surface area (Å²) in [6, 6.07) is 10.3. The molecule has 3 aliphatic heterocycles. The second kappa shape index (κ2) is 6.40. The molecular formula is C19H18FNO2S. The van der Waals surface area contributed by atoms with Crippen molar-refractivity contribution in [2.75, 3.05) is 13.1 Å². The molecule has 0 spiro atoms. The van der Waals surface area contributed by atoms with Crippen LogP contribution in [0.1, 0.15) is 28.1 Å². The van der Waals surface area contributed by atoms with Gasteiger partial charge in [-0.15, -0.1) is 11.3 Å². The molecule has 0 unspecified atom stereocenters. The van der Waals surface area contributed by atoms with E-state index in [1.807, 2.05) is 23.6 Å². The second-order valence-corrected chi connectivity index (χ2v) is 7.17. The summed E-state index contributed by atoms with van der Waals surface area (Å²) in [6.45, 7) is 1.88. The molecule has 3 aliphatic rings. The number of piperidine rings is 3. The lowest BCUT2D eigenvalue weighted by molar-refractivity contribution is -0.0157. The van der Waals surface area contributed by atoms with E-state index in [-0.39, 0.29) is 17.9 Å². The lowest BCUT2D eigenvalue weighted by Crippen LogP contribution is -2.50. The molecule has 0 radical (unpaired) electrons. The summed E-state index contributed by atoms with van der Waals surface area (Å²) in [6.07, 6.45) is 3.57. The number of carbonyl (C=O) groups excluding carboxylic acids is 1. The third-order valence-corrected chi connectivity index (χ3v) is 5.64. The molecule has 0 aliphatic carbocycles. The predicted octanol–water partition coefficient (Wildman–Crippen LogP) is 4.18. The van der Waals surface area contributed by atoms with E-state index in [1.165, 1.54) is 17.4 Å². The maximum atomic E-state index is 14.0. The van der Waals surface area contributed by atoms with Gasteiger partial charge in [0, 0.05) is 24.6 Å². The average molecular weight is 343 g/mol. The maximum absolute atomic E-state index is 14.0. The summed E-state index contributed by atoms with van der Waals surface area (Å²) in [7, 11) is 0. The Morgan fingerprint density at radius 2 is 2.00 bits per heavy atom. The molecule has 2 bridgehead atoms. The quantitative estimate of drug-likeness (QED) is 0.783. The van der Waals surface area contributed by atoms with Crippen molar-refractivity contribution in [3.05, 3.63) is 63.7 Å². The van der Waals surface area contributed by atoms with Crippen molar-refractivity contribution in [3.8, 4) is 0 Å². The van der Waals surface area contributed by atoms with Crippen LogP contribution in [-0.4, -0.2) is 30.1 Å². The van der Waals surface area contributed by atoms with Gasteiger partial charge in [0.15, 0.2) is 0 Å². The maximum Gasteiger partial charge on any atom is 0.348 e. The van der Waals surface area contributed by atoms with Crippen molar-refractivity contribution in [2.45, 2.75) is 18.9 Å². The van der Waals surface area contributed by atoms with Gasteiger partial charge in [0.05, 0.1) is 5.70 Å². The van der Waals surface area contributed by atoms with Gasteiger partial charge in [-0.05, 0) is 36.4 Å². The zero-order valence-corrected chi connectivity index (χ0v) is 14.0. The smallest absolute Gasteiger partial charge is 0.348 e. The predicted molar refractivity (Wildman–Crippen MR) is 92.2 cm³/mol. The van der Waals surface area contributed by atoms with Gasteiger partial charge >= 0.3 is 5.97 Å². The first-order chi connectivity index (χ1) is 11.7. The Morgan fingerprint density at radius 1 is 1.21 bits per heavy atom. The molecule has 4 heterocycles. The van der Waals surface area contributed by atoms with Crippen LogP contribution in [-0.2, 0) is 4.74 Å². The van der Waals surface area contributed by atoms with E-state index in [9.17, 15) is 9.18 Å². The molecule has 2 aromatic rings. The Hall–Kier alpha value is -2.14. The van der Waals surface area contributed by atoms with Crippen LogP contribution in [0.4, 0.5) is 4.39 Å². The summed E-state index contributed by atoms with van der Waals surface area (Å²) in [4.78, 5) is 15.2. The number of benzene rings is 1. The van der Waals surface area contributed by atoms with Crippen LogP contribution in [0.15, 0.2) is 47.5 Å². The van der Waals surface area contributed by atoms with Crippen LogP contribution in [0.5, 0.6) is 0 Å². The molecule has 5 rings (SSSR count). The van der Waals surface area contributed by atoms with E-state index in [0.29, 0.717) is 16.4 Å². The lowest BCUT2D eigenvalue weighted by Gasteiger charge is -2.47. The first kappa shape index (κ1) is 15.4. The lowest BCUT2D eigenvalue weighted by atomic mass is 9.82. The molecule has 3 saturated heterocycles. The number of carbonyl (C=O) groups is 1. The summed E-state index contributed by atoms with van der Waals surface area (Å²) in [5, 5.41) is 1.86. The van der Waals surface area contributed by atoms with Crippen molar-refractivity contribution in [1.82, 2.24) is 4.90 Å². The highest BCUT2D eigenvalue weighted by atomic mass is 32.1. The minimum absolute atomic E-state index is 0.254. The third kappa shape index (κ3) is 2.84. The summed E-state index contributed by atoms with van der Waals surface area (Å²) >= 11 is 1.38. The van der Waals surface area contributed by atoms with Gasteiger partial charge in [0.2, 0.25) is 0 Å². The van der Waals surface area contributed by atoms with E-state index in [2.05, 4.69) is 4.90 Å². The minimum atomic E-state index is -0.290. The number of ether oxygens (including phenoxy) is 1. The fraction of sp³-hybridized carbons (Fsp3) is 0.316. The first-order valence-electron chi connectivity index (χ1n) is 8.18. The SMILES string of the molecule is O=C(O[C@@H]1/C(=C/c2ccccc2F)N2CCC1CC2)c1cccs1. The van der Waals surface area contributed by atoms with Crippen molar-refractivity contribution < 1.29 is 13.9 Å². The second-order valence-electron chi connectivity index (χ2n) is 6.22. The Labute approximate surface area is 144 Å². The molecule has 1 aromatic carbocycles. The largest absolute Gasteiger partial charge is 0.451 e. The number of halogens is 1. The number of esters is 1. The number of fused-ring (bicyclic) bond motifs is 3. The van der Waals surface area contributed by atoms with E-state index < -0.39 is 0 Å². The van der Waals surface area contributed by atoms with Crippen molar-refractivity contribution in [2.24, 2.45) is 5.92 Å². The van der Waals surface area contributed by atoms with E-state index in [1.54, 1.807) is 18.2 Å². The molecule has 5 heteroatoms. The first-order valence-corrected chi connectivity index (χ1v) is 9.06. The number of thiophene rings is 1. The summed E-state index contributed by atoms with van der Waals surface area (Å²) < 4.78 is 19.9. The van der Waals surface area contributed by atoms with Crippen LogP contribution < -0.4 is 0 Å². The standard InChI is InChI=1S/C19H18FNO2S/c20-15-5-2-1-4-14(15)12-16-18(13-7-9-21(16)10-8-13)23-19(22)17-6-3-11-24-17/h1-6,11-13,18H,7-10H2/b16-12-/t18-/m0/s1. The van der Waals surface area contributed by atoms with Crippen LogP contribution >= 0.6 is 11.3 Å². The van der Waals surface area contributed by atoms with Gasteiger partial charge in [-0.2, -0.15) is 0 Å². The van der Waals surface area contributed by atoms with E-state index >= 15 is 0 Å². The molecule has 1 atom stereocenters. The molecule has 3 fully saturated rings. The van der Waals surface area contributed by atoms with Crippen LogP contribution in [0.3, 0.4) is 0 Å². The molecule has 124 valence electrons. The Bertz CT molecular complexity index is 763. The summed E-state index contributed by atoms with van der Waals surface area (Å²) in [5.74, 6) is -0.226. The van der Waals surface area contributed by atoms with Crippen LogP contribution in [0.25, 0.3) is 6.08 Å². The zero-order valence-electron chi connectivity index (χ0n) is 13.2. The monoisotopic (exact) mass is 343 g/mol. The van der Waals surface area contributed by atoms with Gasteiger partial charge in [0.25, 0.3) is 0 Å². The zero-order chi connectivity index (χ0) is 16.5. The number of rotatable bonds is 3. The average Bonchev–Trinajstić information content (AvgIpc) is 3.14. The Morgan fingerprint density at radius 3 is 2.71 bits per heavy atom. The van der Waals surface area contributed by atoms with E-state index in [0.717, 1.165) is 31.6 Å². The van der Waals surface area contributed by atoms with Gasteiger partial charge in [-0.3, -0.25) is 0 Å². The van der Waals surface area contributed by atoms with Crippen LogP contribution in [0, 0.1) is 11.7 Å². The topological polar surface area (TPSA) is 29.5 Å². The van der Waals surface area contributed by atoms with Gasteiger partial charge in [-0.1, -0.05) is 24.3 Å². The Balaban J connectivity index is 1.65. The highest BCUT2D eigenvalue weighted by Crippen LogP contribution is 2.38. The van der Waals surface area contributed by atoms with Crippen molar-refractivity contribution in [1.29, 1.82) is 0 Å². The van der Waals surface area contributed by atoms with Crippen molar-refractivity contribution in [3.63, 3.8) is 0 Å².